The molecule has 1 aromatic rings. The minimum atomic E-state index is -0.420. The maximum absolute atomic E-state index is 10.3. The summed E-state index contributed by atoms with van der Waals surface area (Å²) in [5.74, 6) is -0.354. The third kappa shape index (κ3) is 1.98. The normalized spacial score (nSPS) is 8.00. The molecule has 0 amide bonds. The first-order chi connectivity index (χ1) is 3.80. The average molecular weight is 177 g/mol. The van der Waals surface area contributed by atoms with Crippen LogP contribution in [0.5, 0.6) is 5.75 Å². The molecule has 1 N–H and O–H groups in total. The molecule has 1 rings (SSSR count). The van der Waals surface area contributed by atoms with E-state index in [1.54, 1.807) is 0 Å². The van der Waals surface area contributed by atoms with Gasteiger partial charge in [0.2, 0.25) is 5.43 Å². The van der Waals surface area contributed by atoms with Crippen LogP contribution in [0.2, 0.25) is 0 Å². The molecular weight excluding hydrogens is 173 g/mol. The van der Waals surface area contributed by atoms with E-state index >= 15 is 0 Å². The molecule has 0 aromatic carbocycles. The minimum absolute atomic E-state index is 0. The summed E-state index contributed by atoms with van der Waals surface area (Å²) in [6, 6.07) is 1.15. The molecule has 0 aliphatic heterocycles. The SMILES string of the molecule is O=c1ccocc1O.[Zn]. The van der Waals surface area contributed by atoms with Gasteiger partial charge in [0, 0.05) is 25.5 Å². The van der Waals surface area contributed by atoms with Crippen LogP contribution >= 0.6 is 0 Å². The van der Waals surface area contributed by atoms with Gasteiger partial charge in [-0.3, -0.25) is 4.79 Å². The molecule has 0 spiro atoms. The fourth-order valence-electron chi connectivity index (χ4n) is 0.348. The van der Waals surface area contributed by atoms with Gasteiger partial charge in [-0.1, -0.05) is 0 Å². The van der Waals surface area contributed by atoms with Crippen molar-refractivity contribution in [2.24, 2.45) is 0 Å². The Morgan fingerprint density at radius 2 is 2.22 bits per heavy atom. The first-order valence-corrected chi connectivity index (χ1v) is 2.06. The Hall–Kier alpha value is -0.627. The Balaban J connectivity index is 0.000000640. The van der Waals surface area contributed by atoms with E-state index in [0.29, 0.717) is 0 Å². The summed E-state index contributed by atoms with van der Waals surface area (Å²) in [6.07, 6.45) is 2.20. The molecule has 0 atom stereocenters. The molecule has 0 saturated carbocycles. The van der Waals surface area contributed by atoms with Gasteiger partial charge in [-0.2, -0.15) is 0 Å². The molecule has 1 heterocycles. The van der Waals surface area contributed by atoms with Crippen LogP contribution in [-0.4, -0.2) is 5.11 Å². The standard InChI is InChI=1S/C5H4O3.Zn/c6-4-1-2-8-3-5(4)7;/h1-3,7H;. The van der Waals surface area contributed by atoms with Crippen LogP contribution in [0.3, 0.4) is 0 Å². The van der Waals surface area contributed by atoms with E-state index in [1.807, 2.05) is 0 Å². The smallest absolute Gasteiger partial charge is 0.226 e. The van der Waals surface area contributed by atoms with E-state index in [1.165, 1.54) is 6.26 Å². The molecule has 1 aromatic heterocycles. The summed E-state index contributed by atoms with van der Waals surface area (Å²) in [4.78, 5) is 10.3. The molecule has 9 heavy (non-hydrogen) atoms. The van der Waals surface area contributed by atoms with Crippen molar-refractivity contribution >= 4 is 0 Å². The van der Waals surface area contributed by atoms with Crippen LogP contribution in [0.15, 0.2) is 27.8 Å². The molecule has 3 nitrogen and oxygen atoms in total. The summed E-state index contributed by atoms with van der Waals surface area (Å²) in [7, 11) is 0. The average Bonchev–Trinajstić information content (AvgIpc) is 1.77. The van der Waals surface area contributed by atoms with E-state index in [4.69, 9.17) is 5.11 Å². The van der Waals surface area contributed by atoms with Gasteiger partial charge in [0.05, 0.1) is 6.26 Å². The van der Waals surface area contributed by atoms with Crippen LogP contribution in [0, 0.1) is 0 Å². The Morgan fingerprint density at radius 1 is 1.56 bits per heavy atom. The minimum Gasteiger partial charge on any atom is -0.502 e. The second-order valence-corrected chi connectivity index (χ2v) is 1.31. The van der Waals surface area contributed by atoms with Gasteiger partial charge in [0.1, 0.15) is 6.26 Å². The van der Waals surface area contributed by atoms with Gasteiger partial charge < -0.3 is 9.52 Å². The zero-order valence-corrected chi connectivity index (χ0v) is 7.67. The van der Waals surface area contributed by atoms with Crippen LogP contribution in [0.25, 0.3) is 0 Å². The van der Waals surface area contributed by atoms with Crippen LogP contribution in [-0.2, 0) is 19.5 Å². The first kappa shape index (κ1) is 8.37. The molecule has 0 saturated heterocycles. The van der Waals surface area contributed by atoms with Gasteiger partial charge in [-0.15, -0.1) is 0 Å². The van der Waals surface area contributed by atoms with Crippen molar-refractivity contribution in [1.29, 1.82) is 0 Å². The predicted molar refractivity (Wildman–Crippen MR) is 26.6 cm³/mol. The number of hydrogen-bond acceptors (Lipinski definition) is 3. The maximum atomic E-state index is 10.3. The van der Waals surface area contributed by atoms with Crippen molar-refractivity contribution < 1.29 is 29.0 Å². The third-order valence-electron chi connectivity index (χ3n) is 0.730. The Labute approximate surface area is 64.1 Å². The molecule has 0 unspecified atom stereocenters. The van der Waals surface area contributed by atoms with Gasteiger partial charge in [-0.25, -0.2) is 0 Å². The molecule has 0 aliphatic carbocycles. The summed E-state index contributed by atoms with van der Waals surface area (Å²) in [5.41, 5.74) is -0.420. The van der Waals surface area contributed by atoms with Crippen LogP contribution < -0.4 is 5.43 Å². The van der Waals surface area contributed by atoms with Crippen molar-refractivity contribution in [3.05, 3.63) is 28.8 Å². The van der Waals surface area contributed by atoms with Crippen LogP contribution in [0.4, 0.5) is 0 Å². The molecule has 0 aliphatic rings. The van der Waals surface area contributed by atoms with Crippen molar-refractivity contribution in [3.63, 3.8) is 0 Å². The van der Waals surface area contributed by atoms with Gasteiger partial charge >= 0.3 is 0 Å². The van der Waals surface area contributed by atoms with Gasteiger partial charge in [-0.05, 0) is 0 Å². The molecular formula is C5H4O3Zn. The Kier molecular flexibility index (Phi) is 3.17. The Bertz CT molecular complexity index is 230. The zero-order valence-electron chi connectivity index (χ0n) is 4.70. The second kappa shape index (κ2) is 3.41. The Morgan fingerprint density at radius 3 is 2.56 bits per heavy atom. The summed E-state index contributed by atoms with van der Waals surface area (Å²) >= 11 is 0. The summed E-state index contributed by atoms with van der Waals surface area (Å²) < 4.78 is 4.44. The second-order valence-electron chi connectivity index (χ2n) is 1.31. The van der Waals surface area contributed by atoms with E-state index < -0.39 is 5.43 Å². The van der Waals surface area contributed by atoms with Gasteiger partial charge in [0.15, 0.2) is 5.75 Å². The zero-order chi connectivity index (χ0) is 5.98. The van der Waals surface area contributed by atoms with E-state index in [9.17, 15) is 4.79 Å². The quantitative estimate of drug-likeness (QED) is 0.582. The van der Waals surface area contributed by atoms with Crippen molar-refractivity contribution in [2.75, 3.05) is 0 Å². The van der Waals surface area contributed by atoms with Crippen LogP contribution in [0.1, 0.15) is 0 Å². The molecule has 4 heteroatoms. The van der Waals surface area contributed by atoms with E-state index in [2.05, 4.69) is 4.42 Å². The molecule has 0 fully saturated rings. The predicted octanol–water partition coefficient (Wildman–Crippen LogP) is 0.343. The monoisotopic (exact) mass is 176 g/mol. The topological polar surface area (TPSA) is 50.4 Å². The largest absolute Gasteiger partial charge is 0.502 e. The fraction of sp³-hybridized carbons (Fsp3) is 0. The van der Waals surface area contributed by atoms with Gasteiger partial charge in [0.25, 0.3) is 0 Å². The number of aromatic hydroxyl groups is 1. The molecule has 0 bridgehead atoms. The fourth-order valence-corrected chi connectivity index (χ4v) is 0.348. The van der Waals surface area contributed by atoms with E-state index in [-0.39, 0.29) is 25.2 Å². The summed E-state index contributed by atoms with van der Waals surface area (Å²) in [6.45, 7) is 0. The number of rotatable bonds is 0. The van der Waals surface area contributed by atoms with Crippen molar-refractivity contribution in [2.45, 2.75) is 0 Å². The first-order valence-electron chi connectivity index (χ1n) is 2.06. The maximum Gasteiger partial charge on any atom is 0.226 e. The van der Waals surface area contributed by atoms with Crippen molar-refractivity contribution in [1.82, 2.24) is 0 Å². The number of hydrogen-bond donors (Lipinski definition) is 1. The molecule has 0 radical (unpaired) electrons. The molecule has 44 valence electrons. The van der Waals surface area contributed by atoms with E-state index in [0.717, 1.165) is 12.3 Å². The summed E-state index contributed by atoms with van der Waals surface area (Å²) in [5, 5.41) is 8.51. The third-order valence-corrected chi connectivity index (χ3v) is 0.730. The van der Waals surface area contributed by atoms with Crippen molar-refractivity contribution in [3.8, 4) is 5.75 Å².